The van der Waals surface area contributed by atoms with E-state index in [1.54, 1.807) is 0 Å². The second-order valence-corrected chi connectivity index (χ2v) is 8.14. The Morgan fingerprint density at radius 1 is 1.18 bits per heavy atom. The molecule has 1 aromatic heterocycles. The summed E-state index contributed by atoms with van der Waals surface area (Å²) in [6.45, 7) is 7.06. The van der Waals surface area contributed by atoms with Crippen molar-refractivity contribution in [1.29, 1.82) is 0 Å². The Balaban J connectivity index is 2.27. The number of nitrogens with one attached hydrogen (secondary N) is 2. The second kappa shape index (κ2) is 10.1. The van der Waals surface area contributed by atoms with Gasteiger partial charge in [0.15, 0.2) is 0 Å². The quantitative estimate of drug-likeness (QED) is 0.688. The average Bonchev–Trinajstić information content (AvgIpc) is 3.14. The molecule has 0 unspecified atom stereocenters. The molecule has 0 atom stereocenters. The van der Waals surface area contributed by atoms with Gasteiger partial charge >= 0.3 is 6.03 Å². The van der Waals surface area contributed by atoms with Crippen molar-refractivity contribution < 1.29 is 9.59 Å². The lowest BCUT2D eigenvalue weighted by atomic mass is 10.1. The van der Waals surface area contributed by atoms with Gasteiger partial charge in [-0.3, -0.25) is 4.79 Å². The third-order valence-electron chi connectivity index (χ3n) is 4.11. The van der Waals surface area contributed by atoms with Crippen LogP contribution in [0.1, 0.15) is 42.4 Å². The molecule has 3 amide bonds. The van der Waals surface area contributed by atoms with E-state index in [0.717, 1.165) is 22.5 Å². The summed E-state index contributed by atoms with van der Waals surface area (Å²) in [5, 5.41) is 7.61. The maximum absolute atomic E-state index is 12.9. The van der Waals surface area contributed by atoms with Gasteiger partial charge in [0.25, 0.3) is 5.91 Å². The van der Waals surface area contributed by atoms with Gasteiger partial charge in [-0.15, -0.1) is 11.3 Å². The predicted octanol–water partition coefficient (Wildman–Crippen LogP) is 4.40. The molecule has 2 rings (SSSR count). The lowest BCUT2D eigenvalue weighted by molar-refractivity contribution is 0.0748. The summed E-state index contributed by atoms with van der Waals surface area (Å²) in [4.78, 5) is 29.6. The van der Waals surface area contributed by atoms with Crippen molar-refractivity contribution in [2.45, 2.75) is 39.8 Å². The lowest BCUT2D eigenvalue weighted by Gasteiger charge is -2.26. The molecule has 152 valence electrons. The molecule has 1 aromatic carbocycles. The van der Waals surface area contributed by atoms with Crippen molar-refractivity contribution in [2.75, 3.05) is 30.9 Å². The molecule has 0 aliphatic rings. The van der Waals surface area contributed by atoms with E-state index in [-0.39, 0.29) is 18.0 Å². The Bertz CT molecular complexity index is 788. The molecule has 0 spiro atoms. The number of hydrogen-bond donors (Lipinski definition) is 2. The van der Waals surface area contributed by atoms with Crippen LogP contribution in [0.4, 0.5) is 16.2 Å². The molecule has 0 saturated heterocycles. The van der Waals surface area contributed by atoms with Gasteiger partial charge < -0.3 is 20.4 Å². The Hall–Kier alpha value is -2.54. The molecule has 2 N–H and O–H groups in total. The summed E-state index contributed by atoms with van der Waals surface area (Å²) < 4.78 is 0. The third kappa shape index (κ3) is 5.99. The van der Waals surface area contributed by atoms with Crippen molar-refractivity contribution in [1.82, 2.24) is 10.2 Å². The largest absolute Gasteiger partial charge is 0.377 e. The van der Waals surface area contributed by atoms with Crippen molar-refractivity contribution >= 4 is 34.6 Å². The number of benzene rings is 1. The zero-order valence-electron chi connectivity index (χ0n) is 17.3. The summed E-state index contributed by atoms with van der Waals surface area (Å²) in [7, 11) is 3.95. The monoisotopic (exact) mass is 402 g/mol. The zero-order chi connectivity index (χ0) is 20.7. The Kier molecular flexibility index (Phi) is 7.87. The molecule has 1 heterocycles. The molecule has 0 radical (unpaired) electrons. The molecule has 6 nitrogen and oxygen atoms in total. The van der Waals surface area contributed by atoms with Crippen molar-refractivity contribution in [3.05, 3.63) is 46.2 Å². The molecule has 0 aliphatic carbocycles. The minimum Gasteiger partial charge on any atom is -0.377 e. The van der Waals surface area contributed by atoms with E-state index in [9.17, 15) is 9.59 Å². The molecule has 0 aliphatic heterocycles. The molecular weight excluding hydrogens is 372 g/mol. The van der Waals surface area contributed by atoms with Gasteiger partial charge in [-0.05, 0) is 55.5 Å². The van der Waals surface area contributed by atoms with Crippen LogP contribution in [0.15, 0.2) is 35.7 Å². The van der Waals surface area contributed by atoms with Crippen LogP contribution in [-0.2, 0) is 6.54 Å². The first-order chi connectivity index (χ1) is 13.3. The normalized spacial score (nSPS) is 10.6. The van der Waals surface area contributed by atoms with Gasteiger partial charge in [0, 0.05) is 44.6 Å². The molecule has 0 fully saturated rings. The molecule has 0 bridgehead atoms. The summed E-state index contributed by atoms with van der Waals surface area (Å²) in [5.41, 5.74) is 2.72. The first kappa shape index (κ1) is 21.8. The van der Waals surface area contributed by atoms with Gasteiger partial charge in [-0.25, -0.2) is 4.79 Å². The van der Waals surface area contributed by atoms with Crippen molar-refractivity contribution in [3.8, 4) is 0 Å². The van der Waals surface area contributed by atoms with Gasteiger partial charge in [0.1, 0.15) is 0 Å². The van der Waals surface area contributed by atoms with E-state index < -0.39 is 0 Å². The van der Waals surface area contributed by atoms with Crippen molar-refractivity contribution in [3.63, 3.8) is 0 Å². The molecule has 7 heteroatoms. The Morgan fingerprint density at radius 2 is 1.93 bits per heavy atom. The van der Waals surface area contributed by atoms with Crippen LogP contribution in [0.3, 0.4) is 0 Å². The first-order valence-electron chi connectivity index (χ1n) is 9.52. The number of nitrogens with zero attached hydrogens (tertiary/aromatic N) is 2. The lowest BCUT2D eigenvalue weighted by Crippen LogP contribution is -2.34. The first-order valence-corrected chi connectivity index (χ1v) is 10.4. The zero-order valence-corrected chi connectivity index (χ0v) is 18.1. The summed E-state index contributed by atoms with van der Waals surface area (Å²) in [6.07, 6.45) is 0.878. The number of thiophene rings is 1. The summed E-state index contributed by atoms with van der Waals surface area (Å²) in [6, 6.07) is 9.37. The van der Waals surface area contributed by atoms with E-state index in [2.05, 4.69) is 17.6 Å². The van der Waals surface area contributed by atoms with Crippen molar-refractivity contribution in [2.24, 2.45) is 0 Å². The van der Waals surface area contributed by atoms with Crippen LogP contribution < -0.4 is 15.5 Å². The highest BCUT2D eigenvalue weighted by Gasteiger charge is 2.19. The standard InChI is InChI=1S/C21H30N4O2S/c1-6-11-25(20(26)19-8-7-12-28-19)14-16-13-17(9-10-18(16)24(4)5)23-21(27)22-15(2)3/h7-10,12-13,15H,6,11,14H2,1-5H3,(H2,22,23,27). The number of anilines is 2. The average molecular weight is 403 g/mol. The fourth-order valence-electron chi connectivity index (χ4n) is 2.94. The minimum absolute atomic E-state index is 0.0393. The van der Waals surface area contributed by atoms with Gasteiger partial charge in [0.2, 0.25) is 0 Å². The van der Waals surface area contributed by atoms with Gasteiger partial charge in [-0.2, -0.15) is 0 Å². The predicted molar refractivity (Wildman–Crippen MR) is 117 cm³/mol. The van der Waals surface area contributed by atoms with Gasteiger partial charge in [-0.1, -0.05) is 13.0 Å². The summed E-state index contributed by atoms with van der Waals surface area (Å²) in [5.74, 6) is 0.0393. The molecular formula is C21H30N4O2S. The number of carbonyl (C=O) groups is 2. The molecule has 28 heavy (non-hydrogen) atoms. The van der Waals surface area contributed by atoms with Crippen LogP contribution in [0.2, 0.25) is 0 Å². The highest BCUT2D eigenvalue weighted by atomic mass is 32.1. The van der Waals surface area contributed by atoms with Crippen LogP contribution in [0, 0.1) is 0 Å². The van der Waals surface area contributed by atoms with E-state index in [1.807, 2.05) is 73.5 Å². The third-order valence-corrected chi connectivity index (χ3v) is 4.97. The fourth-order valence-corrected chi connectivity index (χ4v) is 3.63. The highest BCUT2D eigenvalue weighted by Crippen LogP contribution is 2.26. The van der Waals surface area contributed by atoms with Crippen LogP contribution in [0.5, 0.6) is 0 Å². The maximum Gasteiger partial charge on any atom is 0.319 e. The Morgan fingerprint density at radius 3 is 2.50 bits per heavy atom. The minimum atomic E-state index is -0.237. The Labute approximate surface area is 171 Å². The number of hydrogen-bond acceptors (Lipinski definition) is 4. The van der Waals surface area contributed by atoms with Crippen LogP contribution in [0.25, 0.3) is 0 Å². The fraction of sp³-hybridized carbons (Fsp3) is 0.429. The highest BCUT2D eigenvalue weighted by molar-refractivity contribution is 7.12. The smallest absolute Gasteiger partial charge is 0.319 e. The van der Waals surface area contributed by atoms with Crippen LogP contribution >= 0.6 is 11.3 Å². The van der Waals surface area contributed by atoms with E-state index in [0.29, 0.717) is 18.8 Å². The number of amides is 3. The SMILES string of the molecule is CCCN(Cc1cc(NC(=O)NC(C)C)ccc1N(C)C)C(=O)c1cccs1. The maximum atomic E-state index is 12.9. The topological polar surface area (TPSA) is 64.7 Å². The molecule has 0 saturated carbocycles. The van der Waals surface area contributed by atoms with E-state index in [4.69, 9.17) is 0 Å². The number of urea groups is 1. The van der Waals surface area contributed by atoms with E-state index >= 15 is 0 Å². The summed E-state index contributed by atoms with van der Waals surface area (Å²) >= 11 is 1.46. The van der Waals surface area contributed by atoms with Gasteiger partial charge in [0.05, 0.1) is 4.88 Å². The van der Waals surface area contributed by atoms with Crippen LogP contribution in [-0.4, -0.2) is 43.5 Å². The van der Waals surface area contributed by atoms with E-state index in [1.165, 1.54) is 11.3 Å². The number of rotatable bonds is 8. The number of carbonyl (C=O) groups excluding carboxylic acids is 2. The second-order valence-electron chi connectivity index (χ2n) is 7.20. The molecule has 2 aromatic rings.